The van der Waals surface area contributed by atoms with Gasteiger partial charge >= 0.3 is 0 Å². The fourth-order valence-corrected chi connectivity index (χ4v) is 3.12. The Morgan fingerprint density at radius 2 is 2.00 bits per heavy atom. The summed E-state index contributed by atoms with van der Waals surface area (Å²) in [6, 6.07) is 0. The van der Waals surface area contributed by atoms with Crippen LogP contribution in [0.2, 0.25) is 5.28 Å². The van der Waals surface area contributed by atoms with Gasteiger partial charge in [-0.3, -0.25) is 0 Å². The van der Waals surface area contributed by atoms with Crippen LogP contribution in [0.5, 0.6) is 0 Å². The Balaban J connectivity index is 2.27. The summed E-state index contributed by atoms with van der Waals surface area (Å²) in [6.45, 7) is 6.34. The van der Waals surface area contributed by atoms with Gasteiger partial charge in [0.15, 0.2) is 0 Å². The lowest BCUT2D eigenvalue weighted by Crippen LogP contribution is -2.44. The van der Waals surface area contributed by atoms with Crippen LogP contribution in [-0.4, -0.2) is 52.6 Å². The van der Waals surface area contributed by atoms with Gasteiger partial charge in [-0.05, 0) is 25.4 Å². The fourth-order valence-electron chi connectivity index (χ4n) is 1.86. The molecule has 0 spiro atoms. The average Bonchev–Trinajstić information content (AvgIpc) is 2.26. The van der Waals surface area contributed by atoms with Crippen LogP contribution >= 0.6 is 23.4 Å². The fraction of sp³-hybridized carbons (Fsp3) is 0.727. The van der Waals surface area contributed by atoms with E-state index in [-0.39, 0.29) is 10.0 Å². The van der Waals surface area contributed by atoms with E-state index < -0.39 is 0 Å². The second kappa shape index (κ2) is 5.09. The molecule has 0 amide bonds. The number of hydrogen-bond donors (Lipinski definition) is 0. The monoisotopic (exact) mass is 287 g/mol. The first kappa shape index (κ1) is 13.7. The quantitative estimate of drug-likeness (QED) is 0.828. The molecule has 1 aromatic rings. The minimum Gasteiger partial charge on any atom is -0.347 e. The molecule has 7 heteroatoms. The van der Waals surface area contributed by atoms with Gasteiger partial charge in [0.25, 0.3) is 0 Å². The zero-order valence-corrected chi connectivity index (χ0v) is 12.7. The van der Waals surface area contributed by atoms with E-state index in [2.05, 4.69) is 33.7 Å². The molecule has 0 aliphatic carbocycles. The molecule has 1 aliphatic heterocycles. The van der Waals surface area contributed by atoms with Crippen LogP contribution in [-0.2, 0) is 0 Å². The second-order valence-corrected chi connectivity index (χ2v) is 7.27. The SMILES string of the molecule is CN(C)c1nc(Cl)nc(N2CCSC(C)(C)C2)n1. The number of thioether (sulfide) groups is 1. The summed E-state index contributed by atoms with van der Waals surface area (Å²) in [5, 5.41) is 0.250. The van der Waals surface area contributed by atoms with Crippen LogP contribution in [0, 0.1) is 0 Å². The van der Waals surface area contributed by atoms with Gasteiger partial charge in [0.2, 0.25) is 17.2 Å². The van der Waals surface area contributed by atoms with Gasteiger partial charge in [0, 0.05) is 37.7 Å². The molecule has 0 radical (unpaired) electrons. The zero-order valence-electron chi connectivity index (χ0n) is 11.1. The van der Waals surface area contributed by atoms with Gasteiger partial charge in [0.1, 0.15) is 0 Å². The van der Waals surface area contributed by atoms with Crippen molar-refractivity contribution in [1.82, 2.24) is 15.0 Å². The lowest BCUT2D eigenvalue weighted by Gasteiger charge is -2.37. The predicted molar refractivity (Wildman–Crippen MR) is 77.9 cm³/mol. The van der Waals surface area contributed by atoms with Crippen LogP contribution in [0.4, 0.5) is 11.9 Å². The molecule has 1 aliphatic rings. The average molecular weight is 288 g/mol. The summed E-state index contributed by atoms with van der Waals surface area (Å²) in [6.07, 6.45) is 0. The highest BCUT2D eigenvalue weighted by molar-refractivity contribution is 8.00. The van der Waals surface area contributed by atoms with E-state index in [1.807, 2.05) is 30.8 Å². The summed E-state index contributed by atoms with van der Waals surface area (Å²) in [7, 11) is 3.79. The summed E-state index contributed by atoms with van der Waals surface area (Å²) >= 11 is 7.94. The van der Waals surface area contributed by atoms with Crippen LogP contribution in [0.15, 0.2) is 0 Å². The van der Waals surface area contributed by atoms with Crippen molar-refractivity contribution >= 4 is 35.3 Å². The van der Waals surface area contributed by atoms with Crippen molar-refractivity contribution < 1.29 is 0 Å². The van der Waals surface area contributed by atoms with Gasteiger partial charge in [0.05, 0.1) is 0 Å². The Kier molecular flexibility index (Phi) is 3.87. The maximum Gasteiger partial charge on any atom is 0.231 e. The van der Waals surface area contributed by atoms with Crippen molar-refractivity contribution in [3.8, 4) is 0 Å². The molecule has 0 unspecified atom stereocenters. The van der Waals surface area contributed by atoms with Gasteiger partial charge in [-0.2, -0.15) is 26.7 Å². The number of anilines is 2. The summed E-state index contributed by atoms with van der Waals surface area (Å²) in [4.78, 5) is 16.8. The van der Waals surface area contributed by atoms with Crippen molar-refractivity contribution in [2.75, 3.05) is 42.7 Å². The number of aromatic nitrogens is 3. The van der Waals surface area contributed by atoms with Crippen LogP contribution in [0.25, 0.3) is 0 Å². The first-order valence-corrected chi connectivity index (χ1v) is 7.21. The standard InChI is InChI=1S/C11H18ClN5S/c1-11(2)7-17(5-6-18-11)10-14-8(12)13-9(15-10)16(3)4/h5-7H2,1-4H3. The largest absolute Gasteiger partial charge is 0.347 e. The lowest BCUT2D eigenvalue weighted by atomic mass is 10.2. The van der Waals surface area contributed by atoms with E-state index in [1.165, 1.54) is 0 Å². The third-order valence-corrected chi connectivity index (χ3v) is 4.16. The molecule has 1 aromatic heterocycles. The number of hydrogen-bond acceptors (Lipinski definition) is 6. The van der Waals surface area contributed by atoms with E-state index >= 15 is 0 Å². The Morgan fingerprint density at radius 1 is 1.28 bits per heavy atom. The molecule has 1 fully saturated rings. The highest BCUT2D eigenvalue weighted by atomic mass is 35.5. The molecule has 2 rings (SSSR count). The summed E-state index contributed by atoms with van der Waals surface area (Å²) in [5.74, 6) is 2.35. The van der Waals surface area contributed by atoms with Crippen molar-refractivity contribution in [1.29, 1.82) is 0 Å². The van der Waals surface area contributed by atoms with Crippen molar-refractivity contribution in [2.24, 2.45) is 0 Å². The Bertz CT molecular complexity index is 437. The van der Waals surface area contributed by atoms with Gasteiger partial charge in [-0.1, -0.05) is 0 Å². The molecule has 0 atom stereocenters. The van der Waals surface area contributed by atoms with Crippen LogP contribution < -0.4 is 9.80 Å². The Morgan fingerprint density at radius 3 is 2.61 bits per heavy atom. The Hall–Kier alpha value is -0.750. The highest BCUT2D eigenvalue weighted by Gasteiger charge is 2.28. The molecule has 0 bridgehead atoms. The van der Waals surface area contributed by atoms with Crippen molar-refractivity contribution in [3.05, 3.63) is 5.28 Å². The summed E-state index contributed by atoms with van der Waals surface area (Å²) in [5.41, 5.74) is 0. The number of rotatable bonds is 2. The minimum atomic E-state index is 0.218. The number of halogens is 1. The third kappa shape index (κ3) is 3.17. The maximum atomic E-state index is 5.96. The number of nitrogens with zero attached hydrogens (tertiary/aromatic N) is 5. The highest BCUT2D eigenvalue weighted by Crippen LogP contribution is 2.31. The molecule has 2 heterocycles. The third-order valence-electron chi connectivity index (χ3n) is 2.69. The predicted octanol–water partition coefficient (Wildman–Crippen LogP) is 1.92. The molecular weight excluding hydrogens is 270 g/mol. The van der Waals surface area contributed by atoms with Crippen molar-refractivity contribution in [2.45, 2.75) is 18.6 Å². The van der Waals surface area contributed by atoms with E-state index in [4.69, 9.17) is 11.6 Å². The van der Waals surface area contributed by atoms with Crippen LogP contribution in [0.1, 0.15) is 13.8 Å². The molecule has 0 aromatic carbocycles. The minimum absolute atomic E-state index is 0.218. The smallest absolute Gasteiger partial charge is 0.231 e. The summed E-state index contributed by atoms with van der Waals surface area (Å²) < 4.78 is 0.218. The molecule has 100 valence electrons. The topological polar surface area (TPSA) is 45.2 Å². The van der Waals surface area contributed by atoms with E-state index in [0.717, 1.165) is 18.8 Å². The Labute approximate surface area is 117 Å². The molecule has 0 saturated carbocycles. The van der Waals surface area contributed by atoms with E-state index in [1.54, 1.807) is 0 Å². The van der Waals surface area contributed by atoms with E-state index in [9.17, 15) is 0 Å². The van der Waals surface area contributed by atoms with Gasteiger partial charge in [-0.15, -0.1) is 0 Å². The molecule has 1 saturated heterocycles. The van der Waals surface area contributed by atoms with E-state index in [0.29, 0.717) is 11.9 Å². The lowest BCUT2D eigenvalue weighted by molar-refractivity contribution is 0.634. The zero-order chi connectivity index (χ0) is 13.3. The van der Waals surface area contributed by atoms with Gasteiger partial charge < -0.3 is 9.80 Å². The van der Waals surface area contributed by atoms with Crippen molar-refractivity contribution in [3.63, 3.8) is 0 Å². The maximum absolute atomic E-state index is 5.96. The molecule has 5 nitrogen and oxygen atoms in total. The van der Waals surface area contributed by atoms with Gasteiger partial charge in [-0.25, -0.2) is 0 Å². The van der Waals surface area contributed by atoms with Crippen LogP contribution in [0.3, 0.4) is 0 Å². The molecule has 18 heavy (non-hydrogen) atoms. The normalized spacial score (nSPS) is 18.8. The molecule has 0 N–H and O–H groups in total. The first-order valence-electron chi connectivity index (χ1n) is 5.85. The first-order chi connectivity index (χ1) is 8.37. The molecular formula is C11H18ClN5S. The second-order valence-electron chi connectivity index (χ2n) is 5.13.